The van der Waals surface area contributed by atoms with Gasteiger partial charge >= 0.3 is 0 Å². The monoisotopic (exact) mass is 374 g/mol. The van der Waals surface area contributed by atoms with E-state index in [4.69, 9.17) is 9.47 Å². The highest BCUT2D eigenvalue weighted by atomic mass is 32.1. The minimum atomic E-state index is 0.0173. The molecule has 3 rings (SSSR count). The Kier molecular flexibility index (Phi) is 6.16. The summed E-state index contributed by atoms with van der Waals surface area (Å²) in [6.07, 6.45) is 2.02. The van der Waals surface area contributed by atoms with Gasteiger partial charge in [-0.25, -0.2) is 0 Å². The van der Waals surface area contributed by atoms with Crippen molar-refractivity contribution in [1.29, 1.82) is 0 Å². The van der Waals surface area contributed by atoms with Crippen molar-refractivity contribution in [2.75, 3.05) is 27.2 Å². The summed E-state index contributed by atoms with van der Waals surface area (Å²) in [6.45, 7) is 4.50. The molecule has 0 saturated carbocycles. The smallest absolute Gasteiger partial charge is 0.261 e. The first kappa shape index (κ1) is 18.7. The number of carbonyl (C=O) groups excluding carboxylic acids is 1. The summed E-state index contributed by atoms with van der Waals surface area (Å²) < 4.78 is 11.2. The molecule has 2 aromatic rings. The van der Waals surface area contributed by atoms with Gasteiger partial charge in [-0.05, 0) is 69.0 Å². The molecule has 0 spiro atoms. The lowest BCUT2D eigenvalue weighted by molar-refractivity contribution is 0.0921. The summed E-state index contributed by atoms with van der Waals surface area (Å²) in [5.41, 5.74) is 2.11. The van der Waals surface area contributed by atoms with Crippen LogP contribution in [0, 0.1) is 6.92 Å². The van der Waals surface area contributed by atoms with Gasteiger partial charge in [0.25, 0.3) is 5.91 Å². The van der Waals surface area contributed by atoms with E-state index in [1.165, 1.54) is 11.3 Å². The van der Waals surface area contributed by atoms with Crippen molar-refractivity contribution in [1.82, 2.24) is 10.2 Å². The molecule has 0 atom stereocenters. The first-order valence-corrected chi connectivity index (χ1v) is 9.77. The number of hydrogen-bond donors (Lipinski definition) is 1. The normalized spacial score (nSPS) is 15.7. The third kappa shape index (κ3) is 4.77. The molecule has 0 aliphatic carbocycles. The van der Waals surface area contributed by atoms with Crippen molar-refractivity contribution >= 4 is 17.2 Å². The Labute approximate surface area is 158 Å². The molecule has 0 bridgehead atoms. The fourth-order valence-corrected chi connectivity index (χ4v) is 3.83. The molecule has 1 aromatic carbocycles. The topological polar surface area (TPSA) is 50.8 Å². The van der Waals surface area contributed by atoms with Crippen LogP contribution in [0.3, 0.4) is 0 Å². The number of aryl methyl sites for hydroxylation is 1. The van der Waals surface area contributed by atoms with Crippen LogP contribution in [0.5, 0.6) is 11.5 Å². The van der Waals surface area contributed by atoms with Crippen molar-refractivity contribution in [3.8, 4) is 11.5 Å². The van der Waals surface area contributed by atoms with E-state index in [2.05, 4.69) is 17.3 Å². The highest BCUT2D eigenvalue weighted by molar-refractivity contribution is 7.12. The van der Waals surface area contributed by atoms with Gasteiger partial charge in [0.15, 0.2) is 11.5 Å². The van der Waals surface area contributed by atoms with E-state index in [0.29, 0.717) is 12.4 Å². The standard InChI is InChI=1S/C20H26N2O3S/c1-14-4-5-17(18(10-14)24-3)25-12-15-11-19(26-13-15)20(23)21-16-6-8-22(2)9-7-16/h4-5,10-11,13,16H,6-9,12H2,1-3H3,(H,21,23). The summed E-state index contributed by atoms with van der Waals surface area (Å²) in [4.78, 5) is 15.5. The summed E-state index contributed by atoms with van der Waals surface area (Å²) in [5.74, 6) is 1.45. The fraction of sp³-hybridized carbons (Fsp3) is 0.450. The number of thiophene rings is 1. The van der Waals surface area contributed by atoms with Crippen LogP contribution in [0.25, 0.3) is 0 Å². The minimum absolute atomic E-state index is 0.0173. The Hall–Kier alpha value is -2.05. The van der Waals surface area contributed by atoms with Crippen molar-refractivity contribution in [2.45, 2.75) is 32.4 Å². The number of ether oxygens (including phenoxy) is 2. The molecule has 1 aromatic heterocycles. The van der Waals surface area contributed by atoms with Gasteiger partial charge in [0.1, 0.15) is 6.61 Å². The van der Waals surface area contributed by atoms with Gasteiger partial charge in [0, 0.05) is 11.6 Å². The number of likely N-dealkylation sites (tertiary alicyclic amines) is 1. The van der Waals surface area contributed by atoms with E-state index in [-0.39, 0.29) is 11.9 Å². The molecule has 1 amide bonds. The number of nitrogens with one attached hydrogen (secondary N) is 1. The molecule has 1 aliphatic heterocycles. The van der Waals surface area contributed by atoms with Crippen molar-refractivity contribution in [3.63, 3.8) is 0 Å². The Morgan fingerprint density at radius 2 is 2.04 bits per heavy atom. The number of piperidine rings is 1. The molecule has 0 radical (unpaired) electrons. The van der Waals surface area contributed by atoms with Crippen LogP contribution in [0.15, 0.2) is 29.6 Å². The van der Waals surface area contributed by atoms with E-state index in [0.717, 1.165) is 47.7 Å². The summed E-state index contributed by atoms with van der Waals surface area (Å²) in [5, 5.41) is 5.13. The second kappa shape index (κ2) is 8.56. The quantitative estimate of drug-likeness (QED) is 0.841. The molecule has 140 valence electrons. The van der Waals surface area contributed by atoms with E-state index in [9.17, 15) is 4.79 Å². The largest absolute Gasteiger partial charge is 0.493 e. The maximum Gasteiger partial charge on any atom is 0.261 e. The number of hydrogen-bond acceptors (Lipinski definition) is 5. The van der Waals surface area contributed by atoms with Crippen LogP contribution in [-0.2, 0) is 6.61 Å². The zero-order valence-electron chi connectivity index (χ0n) is 15.6. The summed E-state index contributed by atoms with van der Waals surface area (Å²) in [6, 6.07) is 8.04. The zero-order chi connectivity index (χ0) is 18.5. The summed E-state index contributed by atoms with van der Waals surface area (Å²) >= 11 is 1.46. The molecule has 1 fully saturated rings. The first-order chi connectivity index (χ1) is 12.5. The Bertz CT molecular complexity index is 751. The summed E-state index contributed by atoms with van der Waals surface area (Å²) in [7, 11) is 3.75. The van der Waals surface area contributed by atoms with Crippen molar-refractivity contribution in [3.05, 3.63) is 45.6 Å². The molecule has 0 unspecified atom stereocenters. The van der Waals surface area contributed by atoms with Gasteiger partial charge in [-0.2, -0.15) is 0 Å². The maximum absolute atomic E-state index is 12.4. The number of benzene rings is 1. The first-order valence-electron chi connectivity index (χ1n) is 8.89. The minimum Gasteiger partial charge on any atom is -0.493 e. The SMILES string of the molecule is COc1cc(C)ccc1OCc1csc(C(=O)NC2CCN(C)CC2)c1. The Morgan fingerprint density at radius 1 is 1.27 bits per heavy atom. The molecule has 1 aliphatic rings. The van der Waals surface area contributed by atoms with Crippen LogP contribution in [-0.4, -0.2) is 44.1 Å². The highest BCUT2D eigenvalue weighted by Gasteiger charge is 2.20. The van der Waals surface area contributed by atoms with Crippen molar-refractivity contribution in [2.24, 2.45) is 0 Å². The number of methoxy groups -OCH3 is 1. The maximum atomic E-state index is 12.4. The average molecular weight is 375 g/mol. The number of carbonyl (C=O) groups is 1. The molecule has 6 heteroatoms. The average Bonchev–Trinajstić information content (AvgIpc) is 3.11. The van der Waals surface area contributed by atoms with Gasteiger partial charge in [0.05, 0.1) is 12.0 Å². The van der Waals surface area contributed by atoms with E-state index in [1.807, 2.05) is 36.6 Å². The Balaban J connectivity index is 1.55. The number of amides is 1. The lowest BCUT2D eigenvalue weighted by Gasteiger charge is -2.29. The molecule has 1 saturated heterocycles. The van der Waals surface area contributed by atoms with Gasteiger partial charge in [0.2, 0.25) is 0 Å². The molecular formula is C20H26N2O3S. The second-order valence-corrected chi connectivity index (χ2v) is 7.72. The molecular weight excluding hydrogens is 348 g/mol. The third-order valence-electron chi connectivity index (χ3n) is 4.64. The van der Waals surface area contributed by atoms with Gasteiger partial charge in [-0.15, -0.1) is 11.3 Å². The Morgan fingerprint density at radius 3 is 2.77 bits per heavy atom. The predicted octanol–water partition coefficient (Wildman–Crippen LogP) is 3.47. The fourth-order valence-electron chi connectivity index (χ4n) is 3.03. The van der Waals surface area contributed by atoms with Crippen LogP contribution >= 0.6 is 11.3 Å². The van der Waals surface area contributed by atoms with E-state index in [1.54, 1.807) is 7.11 Å². The number of rotatable bonds is 6. The second-order valence-electron chi connectivity index (χ2n) is 6.81. The van der Waals surface area contributed by atoms with Gasteiger partial charge in [-0.3, -0.25) is 4.79 Å². The number of nitrogens with zero attached hydrogens (tertiary/aromatic N) is 1. The predicted molar refractivity (Wildman–Crippen MR) is 104 cm³/mol. The van der Waals surface area contributed by atoms with Crippen LogP contribution in [0.1, 0.15) is 33.6 Å². The van der Waals surface area contributed by atoms with Gasteiger partial charge in [-0.1, -0.05) is 6.07 Å². The van der Waals surface area contributed by atoms with E-state index >= 15 is 0 Å². The highest BCUT2D eigenvalue weighted by Crippen LogP contribution is 2.29. The van der Waals surface area contributed by atoms with Gasteiger partial charge < -0.3 is 19.7 Å². The lowest BCUT2D eigenvalue weighted by atomic mass is 10.1. The molecule has 1 N–H and O–H groups in total. The molecule has 26 heavy (non-hydrogen) atoms. The van der Waals surface area contributed by atoms with Crippen LogP contribution in [0.4, 0.5) is 0 Å². The van der Waals surface area contributed by atoms with E-state index < -0.39 is 0 Å². The zero-order valence-corrected chi connectivity index (χ0v) is 16.4. The van der Waals surface area contributed by atoms with Crippen LogP contribution < -0.4 is 14.8 Å². The molecule has 2 heterocycles. The lowest BCUT2D eigenvalue weighted by Crippen LogP contribution is -2.43. The third-order valence-corrected chi connectivity index (χ3v) is 5.62. The van der Waals surface area contributed by atoms with Crippen LogP contribution in [0.2, 0.25) is 0 Å². The molecule has 5 nitrogen and oxygen atoms in total. The van der Waals surface area contributed by atoms with Crippen molar-refractivity contribution < 1.29 is 14.3 Å².